The number of hydrogen-bond acceptors (Lipinski definition) is 4. The topological polar surface area (TPSA) is 65.6 Å². The number of carbonyl (C=O) groups excluding carboxylic acids is 1. The molecule has 3 rings (SSSR count). The second kappa shape index (κ2) is 3.80. The predicted octanol–water partition coefficient (Wildman–Crippen LogP) is 0.653. The molecule has 1 aliphatic rings. The number of ketones is 1. The first-order valence-corrected chi connectivity index (χ1v) is 5.65. The van der Waals surface area contributed by atoms with Crippen LogP contribution in [0.15, 0.2) is 18.5 Å². The number of rotatable bonds is 4. The first-order chi connectivity index (χ1) is 8.22. The van der Waals surface area contributed by atoms with Gasteiger partial charge in [0.15, 0.2) is 11.6 Å². The molecule has 88 valence electrons. The predicted molar refractivity (Wildman–Crippen MR) is 59.4 cm³/mol. The average molecular weight is 231 g/mol. The van der Waals surface area contributed by atoms with Crippen molar-refractivity contribution in [1.29, 1.82) is 0 Å². The van der Waals surface area contributed by atoms with Gasteiger partial charge in [0.25, 0.3) is 0 Å². The van der Waals surface area contributed by atoms with E-state index in [1.807, 2.05) is 23.0 Å². The Morgan fingerprint density at radius 2 is 2.35 bits per heavy atom. The molecule has 0 N–H and O–H groups in total. The van der Waals surface area contributed by atoms with E-state index in [0.29, 0.717) is 12.4 Å². The highest BCUT2D eigenvalue weighted by Crippen LogP contribution is 2.32. The van der Waals surface area contributed by atoms with Crippen LogP contribution in [0.25, 0.3) is 0 Å². The molecular formula is C11H13N5O. The number of aromatic nitrogens is 5. The Labute approximate surface area is 98.2 Å². The van der Waals surface area contributed by atoms with Crippen LogP contribution in [0.3, 0.4) is 0 Å². The molecule has 0 unspecified atom stereocenters. The Morgan fingerprint density at radius 1 is 1.53 bits per heavy atom. The lowest BCUT2D eigenvalue weighted by Gasteiger charge is -1.96. The van der Waals surface area contributed by atoms with Gasteiger partial charge in [0.1, 0.15) is 0 Å². The number of nitrogens with zero attached hydrogens (tertiary/aromatic N) is 5. The molecule has 0 bridgehead atoms. The summed E-state index contributed by atoms with van der Waals surface area (Å²) in [7, 11) is 1.73. The Bertz CT molecular complexity index is 552. The van der Waals surface area contributed by atoms with Crippen LogP contribution in [0.1, 0.15) is 29.0 Å². The summed E-state index contributed by atoms with van der Waals surface area (Å²) in [6.07, 6.45) is 5.81. The third kappa shape index (κ3) is 2.11. The van der Waals surface area contributed by atoms with E-state index in [2.05, 4.69) is 15.4 Å². The Kier molecular flexibility index (Phi) is 2.28. The van der Waals surface area contributed by atoms with Crippen LogP contribution in [0.2, 0.25) is 0 Å². The summed E-state index contributed by atoms with van der Waals surface area (Å²) in [5, 5.41) is 11.8. The average Bonchev–Trinajstić information content (AvgIpc) is 2.93. The molecule has 0 radical (unpaired) electrons. The van der Waals surface area contributed by atoms with E-state index in [0.717, 1.165) is 18.4 Å². The van der Waals surface area contributed by atoms with E-state index in [-0.39, 0.29) is 11.7 Å². The van der Waals surface area contributed by atoms with Crippen LogP contribution in [0, 0.1) is 5.92 Å². The van der Waals surface area contributed by atoms with Crippen LogP contribution < -0.4 is 0 Å². The van der Waals surface area contributed by atoms with Crippen molar-refractivity contribution in [2.45, 2.75) is 19.4 Å². The molecular weight excluding hydrogens is 218 g/mol. The molecule has 1 fully saturated rings. The number of Topliss-reactive ketones (excluding diaryl/α,β-unsaturated/α-hetero) is 1. The van der Waals surface area contributed by atoms with Gasteiger partial charge < -0.3 is 4.57 Å². The third-order valence-corrected chi connectivity index (χ3v) is 2.86. The molecule has 0 atom stereocenters. The van der Waals surface area contributed by atoms with Gasteiger partial charge in [-0.05, 0) is 24.1 Å². The Morgan fingerprint density at radius 3 is 3.00 bits per heavy atom. The number of carbonyl (C=O) groups is 1. The summed E-state index contributed by atoms with van der Waals surface area (Å²) in [6.45, 7) is 0.547. The van der Waals surface area contributed by atoms with Gasteiger partial charge in [-0.3, -0.25) is 4.79 Å². The van der Waals surface area contributed by atoms with E-state index in [1.165, 1.54) is 4.80 Å². The monoisotopic (exact) mass is 231 g/mol. The van der Waals surface area contributed by atoms with Crippen LogP contribution in [-0.4, -0.2) is 30.6 Å². The fourth-order valence-corrected chi connectivity index (χ4v) is 1.82. The van der Waals surface area contributed by atoms with Crippen molar-refractivity contribution in [3.05, 3.63) is 29.8 Å². The highest BCUT2D eigenvalue weighted by atomic mass is 16.1. The molecule has 1 saturated carbocycles. The standard InChI is InChI=1S/C11H13N5O/c1-15-13-10(12-14-15)7-16-5-4-9(6-16)11(17)8-2-3-8/h4-6,8H,2-3,7H2,1H3. The SMILES string of the molecule is Cn1nnc(Cn2ccc(C(=O)C3CC3)c2)n1. The van der Waals surface area contributed by atoms with E-state index in [9.17, 15) is 4.79 Å². The summed E-state index contributed by atoms with van der Waals surface area (Å²) in [5.74, 6) is 1.17. The minimum absolute atomic E-state index is 0.260. The largest absolute Gasteiger partial charge is 0.346 e. The molecule has 6 heteroatoms. The molecule has 0 aliphatic heterocycles. The molecule has 1 aliphatic carbocycles. The highest BCUT2D eigenvalue weighted by molar-refractivity contribution is 5.99. The van der Waals surface area contributed by atoms with Gasteiger partial charge in [-0.15, -0.1) is 10.2 Å². The lowest BCUT2D eigenvalue weighted by molar-refractivity contribution is 0.0967. The normalized spacial score (nSPS) is 15.1. The van der Waals surface area contributed by atoms with Crippen LogP contribution >= 0.6 is 0 Å². The Balaban J connectivity index is 1.73. The summed E-state index contributed by atoms with van der Waals surface area (Å²) >= 11 is 0. The quantitative estimate of drug-likeness (QED) is 0.725. The molecule has 0 amide bonds. The second-order valence-electron chi connectivity index (χ2n) is 4.41. The summed E-state index contributed by atoms with van der Waals surface area (Å²) in [6, 6.07) is 1.86. The van der Waals surface area contributed by atoms with Crippen molar-refractivity contribution in [2.24, 2.45) is 13.0 Å². The summed E-state index contributed by atoms with van der Waals surface area (Å²) < 4.78 is 1.91. The van der Waals surface area contributed by atoms with Gasteiger partial charge in [0.2, 0.25) is 0 Å². The van der Waals surface area contributed by atoms with E-state index in [4.69, 9.17) is 0 Å². The van der Waals surface area contributed by atoms with Gasteiger partial charge in [-0.1, -0.05) is 0 Å². The fourth-order valence-electron chi connectivity index (χ4n) is 1.82. The smallest absolute Gasteiger partial charge is 0.194 e. The molecule has 6 nitrogen and oxygen atoms in total. The van der Waals surface area contributed by atoms with E-state index in [1.54, 1.807) is 7.05 Å². The molecule has 0 saturated heterocycles. The molecule has 0 spiro atoms. The van der Waals surface area contributed by atoms with Gasteiger partial charge in [0.05, 0.1) is 13.6 Å². The lowest BCUT2D eigenvalue weighted by Crippen LogP contribution is -2.02. The zero-order valence-electron chi connectivity index (χ0n) is 9.58. The fraction of sp³-hybridized carbons (Fsp3) is 0.455. The van der Waals surface area contributed by atoms with Crippen molar-refractivity contribution in [1.82, 2.24) is 24.8 Å². The molecule has 2 aromatic rings. The third-order valence-electron chi connectivity index (χ3n) is 2.86. The van der Waals surface area contributed by atoms with Crippen molar-refractivity contribution in [2.75, 3.05) is 0 Å². The molecule has 2 heterocycles. The summed E-state index contributed by atoms with van der Waals surface area (Å²) in [5.41, 5.74) is 0.788. The van der Waals surface area contributed by atoms with Crippen LogP contribution in [-0.2, 0) is 13.6 Å². The zero-order valence-corrected chi connectivity index (χ0v) is 9.58. The summed E-state index contributed by atoms with van der Waals surface area (Å²) in [4.78, 5) is 13.2. The van der Waals surface area contributed by atoms with Gasteiger partial charge in [-0.25, -0.2) is 0 Å². The molecule has 0 aromatic carbocycles. The first kappa shape index (κ1) is 10.2. The Hall–Kier alpha value is -1.98. The second-order valence-corrected chi connectivity index (χ2v) is 4.41. The maximum Gasteiger partial charge on any atom is 0.194 e. The maximum absolute atomic E-state index is 11.8. The van der Waals surface area contributed by atoms with Crippen LogP contribution in [0.5, 0.6) is 0 Å². The van der Waals surface area contributed by atoms with Gasteiger partial charge in [0, 0.05) is 23.9 Å². The minimum Gasteiger partial charge on any atom is -0.346 e. The highest BCUT2D eigenvalue weighted by Gasteiger charge is 2.30. The van der Waals surface area contributed by atoms with Crippen LogP contribution in [0.4, 0.5) is 0 Å². The minimum atomic E-state index is 0.260. The van der Waals surface area contributed by atoms with E-state index < -0.39 is 0 Å². The lowest BCUT2D eigenvalue weighted by atomic mass is 10.1. The van der Waals surface area contributed by atoms with E-state index >= 15 is 0 Å². The number of hydrogen-bond donors (Lipinski definition) is 0. The zero-order chi connectivity index (χ0) is 11.8. The van der Waals surface area contributed by atoms with Crippen molar-refractivity contribution >= 4 is 5.78 Å². The maximum atomic E-state index is 11.8. The van der Waals surface area contributed by atoms with Crippen molar-refractivity contribution in [3.8, 4) is 0 Å². The molecule has 17 heavy (non-hydrogen) atoms. The number of tetrazole rings is 1. The van der Waals surface area contributed by atoms with Gasteiger partial charge >= 0.3 is 0 Å². The van der Waals surface area contributed by atoms with Gasteiger partial charge in [-0.2, -0.15) is 4.80 Å². The van der Waals surface area contributed by atoms with Crippen molar-refractivity contribution in [3.63, 3.8) is 0 Å². The molecule has 2 aromatic heterocycles. The first-order valence-electron chi connectivity index (χ1n) is 5.65. The number of aryl methyl sites for hydroxylation is 1. The van der Waals surface area contributed by atoms with Crippen molar-refractivity contribution < 1.29 is 4.79 Å².